The van der Waals surface area contributed by atoms with Crippen molar-refractivity contribution in [3.05, 3.63) is 94.0 Å². The van der Waals surface area contributed by atoms with Crippen molar-refractivity contribution >= 4 is 28.5 Å². The zero-order valence-corrected chi connectivity index (χ0v) is 23.5. The highest BCUT2D eigenvalue weighted by Gasteiger charge is 2.27. The van der Waals surface area contributed by atoms with Crippen LogP contribution >= 0.6 is 11.6 Å². The number of alkyl halides is 2. The lowest BCUT2D eigenvalue weighted by Gasteiger charge is -2.29. The second-order valence-electron chi connectivity index (χ2n) is 10.6. The molecule has 0 radical (unpaired) electrons. The second kappa shape index (κ2) is 11.5. The predicted molar refractivity (Wildman–Crippen MR) is 155 cm³/mol. The van der Waals surface area contributed by atoms with Crippen molar-refractivity contribution in [3.63, 3.8) is 0 Å². The van der Waals surface area contributed by atoms with Crippen LogP contribution in [-0.2, 0) is 13.6 Å². The number of aryl methyl sites for hydroxylation is 1. The molecule has 1 N–H and O–H groups in total. The van der Waals surface area contributed by atoms with Gasteiger partial charge in [-0.25, -0.2) is 13.6 Å². The fourth-order valence-electron chi connectivity index (χ4n) is 5.71. The highest BCUT2D eigenvalue weighted by Crippen LogP contribution is 2.29. The first-order valence-electron chi connectivity index (χ1n) is 13.7. The monoisotopic (exact) mass is 591 g/mol. The molecule has 1 saturated carbocycles. The lowest BCUT2D eigenvalue weighted by atomic mass is 9.85. The molecule has 6 rings (SSSR count). The number of carbonyl (C=O) groups is 1. The first kappa shape index (κ1) is 27.8. The van der Waals surface area contributed by atoms with Gasteiger partial charge in [0.15, 0.2) is 0 Å². The highest BCUT2D eigenvalue weighted by atomic mass is 35.5. The highest BCUT2D eigenvalue weighted by molar-refractivity contribution is 6.30. The average molecular weight is 592 g/mol. The number of pyridine rings is 2. The van der Waals surface area contributed by atoms with Crippen LogP contribution in [0.15, 0.2) is 72.0 Å². The molecule has 0 saturated heterocycles. The predicted octanol–water partition coefficient (Wildman–Crippen LogP) is 5.56. The average Bonchev–Trinajstić information content (AvgIpc) is 3.54. The van der Waals surface area contributed by atoms with E-state index in [0.29, 0.717) is 25.1 Å². The van der Waals surface area contributed by atoms with Gasteiger partial charge in [0, 0.05) is 43.8 Å². The van der Waals surface area contributed by atoms with E-state index in [9.17, 15) is 18.4 Å². The molecule has 1 aliphatic rings. The maximum absolute atomic E-state index is 13.8. The number of amides is 1. The Morgan fingerprint density at radius 3 is 2.55 bits per heavy atom. The Morgan fingerprint density at radius 1 is 1.07 bits per heavy atom. The first-order valence-corrected chi connectivity index (χ1v) is 14.1. The maximum atomic E-state index is 13.8. The molecule has 1 amide bonds. The van der Waals surface area contributed by atoms with E-state index in [0.717, 1.165) is 41.3 Å². The third kappa shape index (κ3) is 5.44. The summed E-state index contributed by atoms with van der Waals surface area (Å²) >= 11 is 5.91. The molecule has 0 aliphatic heterocycles. The summed E-state index contributed by atoms with van der Waals surface area (Å²) in [7, 11) is 1.85. The maximum Gasteiger partial charge on any atom is 0.333 e. The number of aromatic nitrogens is 6. The number of imidazole rings is 1. The topological polar surface area (TPSA) is 99.6 Å². The van der Waals surface area contributed by atoms with Crippen LogP contribution < -0.4 is 11.0 Å². The largest absolute Gasteiger partial charge is 0.349 e. The summed E-state index contributed by atoms with van der Waals surface area (Å²) in [6, 6.07) is 12.5. The number of nitrogens with one attached hydrogen (secondary N) is 1. The molecule has 0 bridgehead atoms. The second-order valence-corrected chi connectivity index (χ2v) is 11.0. The van der Waals surface area contributed by atoms with Gasteiger partial charge in [-0.2, -0.15) is 5.10 Å². The van der Waals surface area contributed by atoms with E-state index in [2.05, 4.69) is 20.4 Å². The number of carbonyl (C=O) groups excluding carboxylic acids is 1. The van der Waals surface area contributed by atoms with Gasteiger partial charge < -0.3 is 5.32 Å². The molecular weight excluding hydrogens is 564 g/mol. The SMILES string of the molecule is Cn1ccc(-c2cncc(-n3c(=O)n(CC4CCC(NC(=O)c5cc(Cl)cnc5C(F)F)CC4)c4ccccc43)c2)n1. The molecular formula is C30H28ClF2N7O2. The lowest BCUT2D eigenvalue weighted by molar-refractivity contribution is 0.0904. The van der Waals surface area contributed by atoms with Gasteiger partial charge in [0.05, 0.1) is 39.2 Å². The molecule has 1 fully saturated rings. The minimum atomic E-state index is -2.88. The van der Waals surface area contributed by atoms with Gasteiger partial charge in [0.2, 0.25) is 0 Å². The van der Waals surface area contributed by atoms with Crippen LogP contribution in [0, 0.1) is 5.92 Å². The normalized spacial score (nSPS) is 17.2. The standard InChI is InChI=1S/C30H28ClF2N7O2/c1-38-11-10-24(37-38)19-12-22(16-34-14-19)40-26-5-3-2-4-25(26)39(30(40)42)17-18-6-8-21(9-7-18)36-29(41)23-13-20(31)15-35-27(23)28(32)33/h2-5,10-16,18,21,28H,6-9,17H2,1H3,(H,36,41). The molecule has 1 aliphatic carbocycles. The Labute approximate surface area is 244 Å². The number of halogens is 3. The van der Waals surface area contributed by atoms with Crippen molar-refractivity contribution in [2.45, 2.75) is 44.7 Å². The van der Waals surface area contributed by atoms with Crippen LogP contribution in [0.25, 0.3) is 28.0 Å². The number of rotatable bonds is 7. The van der Waals surface area contributed by atoms with E-state index in [1.807, 2.05) is 49.6 Å². The first-order chi connectivity index (χ1) is 20.3. The number of hydrogen-bond donors (Lipinski definition) is 1. The molecule has 4 heterocycles. The molecule has 9 nitrogen and oxygen atoms in total. The van der Waals surface area contributed by atoms with Crippen molar-refractivity contribution in [1.29, 1.82) is 0 Å². The summed E-state index contributed by atoms with van der Waals surface area (Å²) in [5, 5.41) is 7.45. The van der Waals surface area contributed by atoms with E-state index in [4.69, 9.17) is 11.6 Å². The van der Waals surface area contributed by atoms with Crippen LogP contribution in [0.2, 0.25) is 5.02 Å². The fraction of sp³-hybridized carbons (Fsp3) is 0.300. The van der Waals surface area contributed by atoms with Crippen LogP contribution in [-0.4, -0.2) is 40.8 Å². The Morgan fingerprint density at radius 2 is 1.83 bits per heavy atom. The van der Waals surface area contributed by atoms with Crippen LogP contribution in [0.5, 0.6) is 0 Å². The van der Waals surface area contributed by atoms with Crippen molar-refractivity contribution in [2.75, 3.05) is 0 Å². The Kier molecular flexibility index (Phi) is 7.59. The molecule has 216 valence electrons. The summed E-state index contributed by atoms with van der Waals surface area (Å²) in [5.41, 5.74) is 2.91. The van der Waals surface area contributed by atoms with Crippen molar-refractivity contribution < 1.29 is 13.6 Å². The van der Waals surface area contributed by atoms with Gasteiger partial charge in [0.1, 0.15) is 5.69 Å². The van der Waals surface area contributed by atoms with Gasteiger partial charge >= 0.3 is 5.69 Å². The summed E-state index contributed by atoms with van der Waals surface area (Å²) in [4.78, 5) is 34.7. The van der Waals surface area contributed by atoms with Crippen LogP contribution in [0.3, 0.4) is 0 Å². The minimum absolute atomic E-state index is 0.122. The number of nitrogens with zero attached hydrogens (tertiary/aromatic N) is 6. The van der Waals surface area contributed by atoms with Crippen molar-refractivity contribution in [1.82, 2.24) is 34.2 Å². The van der Waals surface area contributed by atoms with Crippen LogP contribution in [0.1, 0.15) is 48.2 Å². The van der Waals surface area contributed by atoms with Crippen LogP contribution in [0.4, 0.5) is 8.78 Å². The molecule has 0 spiro atoms. The van der Waals surface area contributed by atoms with E-state index >= 15 is 0 Å². The molecule has 4 aromatic heterocycles. The van der Waals surface area contributed by atoms with Gasteiger partial charge in [0.25, 0.3) is 12.3 Å². The number of hydrogen-bond acceptors (Lipinski definition) is 5. The van der Waals surface area contributed by atoms with Crippen molar-refractivity contribution in [2.24, 2.45) is 13.0 Å². The zero-order chi connectivity index (χ0) is 29.4. The molecule has 42 heavy (non-hydrogen) atoms. The summed E-state index contributed by atoms with van der Waals surface area (Å²) < 4.78 is 32.0. The Hall–Kier alpha value is -4.38. The minimum Gasteiger partial charge on any atom is -0.349 e. The summed E-state index contributed by atoms with van der Waals surface area (Å²) in [5.74, 6) is -0.401. The number of para-hydroxylation sites is 2. The van der Waals surface area contributed by atoms with Gasteiger partial charge in [-0.3, -0.25) is 28.6 Å². The Balaban J connectivity index is 1.19. The molecule has 12 heteroatoms. The quantitative estimate of drug-likeness (QED) is 0.267. The zero-order valence-electron chi connectivity index (χ0n) is 22.8. The molecule has 0 unspecified atom stereocenters. The van der Waals surface area contributed by atoms with E-state index in [1.54, 1.807) is 26.2 Å². The summed E-state index contributed by atoms with van der Waals surface area (Å²) in [6.07, 6.45) is 6.35. The molecule has 5 aromatic rings. The molecule has 1 aromatic carbocycles. The summed E-state index contributed by atoms with van der Waals surface area (Å²) in [6.45, 7) is 0.522. The van der Waals surface area contributed by atoms with Gasteiger partial charge in [-0.1, -0.05) is 23.7 Å². The van der Waals surface area contributed by atoms with E-state index in [1.165, 1.54) is 6.07 Å². The third-order valence-electron chi connectivity index (χ3n) is 7.79. The third-order valence-corrected chi connectivity index (χ3v) is 7.99. The lowest BCUT2D eigenvalue weighted by Crippen LogP contribution is -2.39. The number of fused-ring (bicyclic) bond motifs is 1. The van der Waals surface area contributed by atoms with E-state index in [-0.39, 0.29) is 28.2 Å². The number of benzene rings is 1. The van der Waals surface area contributed by atoms with Gasteiger partial charge in [-0.05, 0) is 61.9 Å². The Bertz CT molecular complexity index is 1820. The van der Waals surface area contributed by atoms with Gasteiger partial charge in [-0.15, -0.1) is 0 Å². The van der Waals surface area contributed by atoms with Crippen molar-refractivity contribution in [3.8, 4) is 16.9 Å². The molecule has 0 atom stereocenters. The smallest absolute Gasteiger partial charge is 0.333 e. The fourth-order valence-corrected chi connectivity index (χ4v) is 5.87. The van der Waals surface area contributed by atoms with E-state index < -0.39 is 18.0 Å².